The predicted molar refractivity (Wildman–Crippen MR) is 80.2 cm³/mol. The number of hydrogen-bond acceptors (Lipinski definition) is 5. The Balaban J connectivity index is 2.01. The Labute approximate surface area is 126 Å². The maximum absolute atomic E-state index is 5.67. The lowest BCUT2D eigenvalue weighted by molar-refractivity contribution is 0.162. The molecule has 1 aromatic heterocycles. The molecule has 1 unspecified atom stereocenters. The van der Waals surface area contributed by atoms with Crippen molar-refractivity contribution < 1.29 is 9.15 Å². The number of nitrogens with one attached hydrogen (secondary N) is 1. The molecule has 1 heterocycles. The lowest BCUT2D eigenvalue weighted by Gasteiger charge is -2.13. The van der Waals surface area contributed by atoms with Crippen LogP contribution in [-0.2, 0) is 11.3 Å². The molecule has 0 saturated heterocycles. The summed E-state index contributed by atoms with van der Waals surface area (Å²) in [6, 6.07) is 8.06. The van der Waals surface area contributed by atoms with Gasteiger partial charge in [0.05, 0.1) is 18.7 Å². The Morgan fingerprint density at radius 1 is 1.35 bits per heavy atom. The van der Waals surface area contributed by atoms with E-state index in [1.54, 1.807) is 7.11 Å². The first-order chi connectivity index (χ1) is 9.74. The standard InChI is InChI=1S/C14H18BrN3O2/c1-3-10(9-19-2)16-8-13-17-18-14(20-13)11-6-4-5-7-12(11)15/h4-7,10,16H,3,8-9H2,1-2H3. The number of rotatable bonds is 7. The highest BCUT2D eigenvalue weighted by Crippen LogP contribution is 2.26. The summed E-state index contributed by atoms with van der Waals surface area (Å²) in [6.45, 7) is 3.32. The van der Waals surface area contributed by atoms with Crippen molar-refractivity contribution in [3.8, 4) is 11.5 Å². The Morgan fingerprint density at radius 2 is 2.15 bits per heavy atom. The molecule has 0 saturated carbocycles. The SMILES string of the molecule is CCC(COC)NCc1nnc(-c2ccccc2Br)o1. The van der Waals surface area contributed by atoms with E-state index in [2.05, 4.69) is 38.4 Å². The van der Waals surface area contributed by atoms with E-state index in [4.69, 9.17) is 9.15 Å². The van der Waals surface area contributed by atoms with Crippen LogP contribution in [0.3, 0.4) is 0 Å². The molecule has 20 heavy (non-hydrogen) atoms. The molecule has 0 spiro atoms. The van der Waals surface area contributed by atoms with Gasteiger partial charge >= 0.3 is 0 Å². The summed E-state index contributed by atoms with van der Waals surface area (Å²) >= 11 is 3.48. The quantitative estimate of drug-likeness (QED) is 0.840. The van der Waals surface area contributed by atoms with Crippen molar-refractivity contribution in [3.63, 3.8) is 0 Å². The number of nitrogens with zero attached hydrogens (tertiary/aromatic N) is 2. The average Bonchev–Trinajstić information content (AvgIpc) is 2.92. The van der Waals surface area contributed by atoms with Crippen LogP contribution in [0.5, 0.6) is 0 Å². The van der Waals surface area contributed by atoms with Gasteiger partial charge in [-0.25, -0.2) is 0 Å². The van der Waals surface area contributed by atoms with Gasteiger partial charge in [-0.2, -0.15) is 0 Å². The van der Waals surface area contributed by atoms with Gasteiger partial charge in [0, 0.05) is 17.6 Å². The highest BCUT2D eigenvalue weighted by molar-refractivity contribution is 9.10. The van der Waals surface area contributed by atoms with E-state index in [9.17, 15) is 0 Å². The van der Waals surface area contributed by atoms with Crippen molar-refractivity contribution >= 4 is 15.9 Å². The lowest BCUT2D eigenvalue weighted by Crippen LogP contribution is -2.32. The molecule has 0 aliphatic heterocycles. The van der Waals surface area contributed by atoms with Gasteiger partial charge in [-0.1, -0.05) is 19.1 Å². The minimum absolute atomic E-state index is 0.291. The summed E-state index contributed by atoms with van der Waals surface area (Å²) in [7, 11) is 1.70. The van der Waals surface area contributed by atoms with Crippen molar-refractivity contribution in [2.45, 2.75) is 25.9 Å². The van der Waals surface area contributed by atoms with E-state index in [0.717, 1.165) is 16.5 Å². The first-order valence-electron chi connectivity index (χ1n) is 6.54. The van der Waals surface area contributed by atoms with Crippen LogP contribution < -0.4 is 5.32 Å². The maximum atomic E-state index is 5.67. The zero-order valence-electron chi connectivity index (χ0n) is 11.6. The second-order valence-electron chi connectivity index (χ2n) is 4.42. The van der Waals surface area contributed by atoms with Crippen LogP contribution in [0.2, 0.25) is 0 Å². The third-order valence-electron chi connectivity index (χ3n) is 2.97. The van der Waals surface area contributed by atoms with E-state index in [0.29, 0.717) is 31.0 Å². The van der Waals surface area contributed by atoms with Crippen LogP contribution in [-0.4, -0.2) is 30.0 Å². The monoisotopic (exact) mass is 339 g/mol. The van der Waals surface area contributed by atoms with Crippen molar-refractivity contribution in [2.24, 2.45) is 0 Å². The summed E-state index contributed by atoms with van der Waals surface area (Å²) in [5, 5.41) is 11.5. The second-order valence-corrected chi connectivity index (χ2v) is 5.28. The number of aromatic nitrogens is 2. The molecule has 1 N–H and O–H groups in total. The van der Waals surface area contributed by atoms with Gasteiger partial charge in [0.15, 0.2) is 0 Å². The fraction of sp³-hybridized carbons (Fsp3) is 0.429. The Kier molecular flexibility index (Phi) is 5.70. The van der Waals surface area contributed by atoms with Crippen LogP contribution in [0, 0.1) is 0 Å². The van der Waals surface area contributed by atoms with Gasteiger partial charge in [-0.3, -0.25) is 0 Å². The first-order valence-corrected chi connectivity index (χ1v) is 7.33. The van der Waals surface area contributed by atoms with Crippen LogP contribution in [0.4, 0.5) is 0 Å². The van der Waals surface area contributed by atoms with Gasteiger partial charge in [0.2, 0.25) is 11.8 Å². The number of ether oxygens (including phenoxy) is 1. The normalized spacial score (nSPS) is 12.6. The van der Waals surface area contributed by atoms with Gasteiger partial charge in [0.25, 0.3) is 0 Å². The predicted octanol–water partition coefficient (Wildman–Crippen LogP) is 3.01. The topological polar surface area (TPSA) is 60.2 Å². The molecule has 0 radical (unpaired) electrons. The first kappa shape index (κ1) is 15.2. The summed E-state index contributed by atoms with van der Waals surface area (Å²) in [5.41, 5.74) is 0.898. The summed E-state index contributed by atoms with van der Waals surface area (Å²) in [6.07, 6.45) is 0.985. The Bertz CT molecular complexity index is 545. The van der Waals surface area contributed by atoms with Gasteiger partial charge in [-0.05, 0) is 34.5 Å². The van der Waals surface area contributed by atoms with Crippen LogP contribution in [0.15, 0.2) is 33.2 Å². The minimum atomic E-state index is 0.291. The molecule has 6 heteroatoms. The lowest BCUT2D eigenvalue weighted by atomic mass is 10.2. The molecule has 1 atom stereocenters. The van der Waals surface area contributed by atoms with Crippen molar-refractivity contribution in [1.82, 2.24) is 15.5 Å². The average molecular weight is 340 g/mol. The van der Waals surface area contributed by atoms with Gasteiger partial charge in [0.1, 0.15) is 0 Å². The van der Waals surface area contributed by atoms with Crippen molar-refractivity contribution in [2.75, 3.05) is 13.7 Å². The van der Waals surface area contributed by atoms with E-state index >= 15 is 0 Å². The molecule has 1 aromatic carbocycles. The Hall–Kier alpha value is -1.24. The summed E-state index contributed by atoms with van der Waals surface area (Å²) < 4.78 is 11.7. The third-order valence-corrected chi connectivity index (χ3v) is 3.67. The fourth-order valence-electron chi connectivity index (χ4n) is 1.82. The van der Waals surface area contributed by atoms with E-state index in [1.807, 2.05) is 24.3 Å². The molecular formula is C14H18BrN3O2. The number of benzene rings is 1. The summed E-state index contributed by atoms with van der Waals surface area (Å²) in [4.78, 5) is 0. The highest BCUT2D eigenvalue weighted by Gasteiger charge is 2.12. The summed E-state index contributed by atoms with van der Waals surface area (Å²) in [5.74, 6) is 1.10. The van der Waals surface area contributed by atoms with E-state index in [1.165, 1.54) is 0 Å². The molecule has 0 amide bonds. The number of halogens is 1. The smallest absolute Gasteiger partial charge is 0.248 e. The van der Waals surface area contributed by atoms with E-state index in [-0.39, 0.29) is 0 Å². The molecule has 0 aliphatic carbocycles. The third kappa shape index (κ3) is 3.88. The van der Waals surface area contributed by atoms with Gasteiger partial charge < -0.3 is 14.5 Å². The molecule has 0 fully saturated rings. The largest absolute Gasteiger partial charge is 0.419 e. The molecule has 108 valence electrons. The Morgan fingerprint density at radius 3 is 2.85 bits per heavy atom. The second kappa shape index (κ2) is 7.52. The van der Waals surface area contributed by atoms with Gasteiger partial charge in [-0.15, -0.1) is 10.2 Å². The number of hydrogen-bond donors (Lipinski definition) is 1. The minimum Gasteiger partial charge on any atom is -0.419 e. The molecule has 0 bridgehead atoms. The highest BCUT2D eigenvalue weighted by atomic mass is 79.9. The maximum Gasteiger partial charge on any atom is 0.248 e. The molecule has 2 rings (SSSR count). The van der Waals surface area contributed by atoms with Crippen molar-refractivity contribution in [1.29, 1.82) is 0 Å². The molecule has 2 aromatic rings. The molecule has 5 nitrogen and oxygen atoms in total. The van der Waals surface area contributed by atoms with Crippen LogP contribution in [0.25, 0.3) is 11.5 Å². The molecule has 0 aliphatic rings. The van der Waals surface area contributed by atoms with Crippen molar-refractivity contribution in [3.05, 3.63) is 34.6 Å². The zero-order valence-corrected chi connectivity index (χ0v) is 13.2. The number of methoxy groups -OCH3 is 1. The van der Waals surface area contributed by atoms with Crippen LogP contribution in [0.1, 0.15) is 19.2 Å². The van der Waals surface area contributed by atoms with E-state index < -0.39 is 0 Å². The van der Waals surface area contributed by atoms with Crippen LogP contribution >= 0.6 is 15.9 Å². The fourth-order valence-corrected chi connectivity index (χ4v) is 2.28. The zero-order chi connectivity index (χ0) is 14.4. The molecular weight excluding hydrogens is 322 g/mol.